The summed E-state index contributed by atoms with van der Waals surface area (Å²) in [5.74, 6) is -0.223. The number of rotatable bonds is 5. The molecule has 5 N–H and O–H groups in total. The maximum atomic E-state index is 12.2. The van der Waals surface area contributed by atoms with Crippen molar-refractivity contribution in [3.63, 3.8) is 0 Å². The Morgan fingerprint density at radius 2 is 1.87 bits per heavy atom. The molecule has 2 aromatic rings. The Hall–Kier alpha value is -3.02. The van der Waals surface area contributed by atoms with Gasteiger partial charge in [-0.1, -0.05) is 18.2 Å². The lowest BCUT2D eigenvalue weighted by molar-refractivity contribution is 0.102. The van der Waals surface area contributed by atoms with E-state index < -0.39 is 6.09 Å². The molecular weight excluding hydrogens is 294 g/mol. The number of carbonyl (C=O) groups is 2. The zero-order chi connectivity index (χ0) is 16.8. The highest BCUT2D eigenvalue weighted by molar-refractivity contribution is 6.04. The van der Waals surface area contributed by atoms with E-state index in [0.717, 1.165) is 5.56 Å². The quantitative estimate of drug-likeness (QED) is 0.637. The van der Waals surface area contributed by atoms with Crippen LogP contribution in [0.25, 0.3) is 0 Å². The van der Waals surface area contributed by atoms with Crippen LogP contribution in [0.15, 0.2) is 48.5 Å². The van der Waals surface area contributed by atoms with E-state index in [1.54, 1.807) is 43.3 Å². The van der Waals surface area contributed by atoms with Crippen molar-refractivity contribution in [2.75, 3.05) is 11.1 Å². The fourth-order valence-corrected chi connectivity index (χ4v) is 2.23. The second-order valence-corrected chi connectivity index (χ2v) is 5.33. The van der Waals surface area contributed by atoms with Gasteiger partial charge in [-0.2, -0.15) is 0 Å². The topological polar surface area (TPSA) is 104 Å². The number of hydrogen-bond donors (Lipinski definition) is 4. The average molecular weight is 313 g/mol. The largest absolute Gasteiger partial charge is 0.465 e. The normalized spacial score (nSPS) is 11.5. The second-order valence-electron chi connectivity index (χ2n) is 5.33. The van der Waals surface area contributed by atoms with Gasteiger partial charge in [0.2, 0.25) is 0 Å². The van der Waals surface area contributed by atoms with Crippen molar-refractivity contribution in [1.82, 2.24) is 5.32 Å². The van der Waals surface area contributed by atoms with E-state index in [9.17, 15) is 9.59 Å². The predicted octanol–water partition coefficient (Wildman–Crippen LogP) is 2.72. The standard InChI is InChI=1S/C17H19N3O3/c1-11(19-17(22)23)9-12-5-7-13(8-6-12)16(21)20-15-4-2-3-14(18)10-15/h2-8,10-11,19H,9,18H2,1H3,(H,20,21)(H,22,23). The molecular formula is C17H19N3O3. The van der Waals surface area contributed by atoms with Crippen molar-refractivity contribution in [2.24, 2.45) is 0 Å². The number of carboxylic acid groups (broad SMARTS) is 1. The van der Waals surface area contributed by atoms with E-state index in [2.05, 4.69) is 10.6 Å². The van der Waals surface area contributed by atoms with E-state index in [1.807, 2.05) is 12.1 Å². The molecule has 0 saturated carbocycles. The zero-order valence-corrected chi connectivity index (χ0v) is 12.7. The molecule has 0 fully saturated rings. The molecule has 0 bridgehead atoms. The summed E-state index contributed by atoms with van der Waals surface area (Å²) in [6, 6.07) is 13.8. The third kappa shape index (κ3) is 5.03. The van der Waals surface area contributed by atoms with E-state index in [0.29, 0.717) is 23.4 Å². The lowest BCUT2D eigenvalue weighted by Crippen LogP contribution is -2.32. The number of hydrogen-bond acceptors (Lipinski definition) is 3. The molecule has 1 atom stereocenters. The summed E-state index contributed by atoms with van der Waals surface area (Å²) in [5.41, 5.74) is 8.37. The number of benzene rings is 2. The van der Waals surface area contributed by atoms with Gasteiger partial charge in [0.15, 0.2) is 0 Å². The Labute approximate surface area is 134 Å². The first-order valence-corrected chi connectivity index (χ1v) is 7.19. The van der Waals surface area contributed by atoms with Gasteiger partial charge in [0.05, 0.1) is 0 Å². The number of anilines is 2. The van der Waals surface area contributed by atoms with Gasteiger partial charge in [0.1, 0.15) is 0 Å². The van der Waals surface area contributed by atoms with Crippen LogP contribution in [-0.2, 0) is 6.42 Å². The minimum atomic E-state index is -1.05. The molecule has 2 rings (SSSR count). The van der Waals surface area contributed by atoms with E-state index in [-0.39, 0.29) is 11.9 Å². The lowest BCUT2D eigenvalue weighted by Gasteiger charge is -2.11. The maximum absolute atomic E-state index is 12.2. The van der Waals surface area contributed by atoms with Crippen molar-refractivity contribution in [3.8, 4) is 0 Å². The molecule has 0 saturated heterocycles. The summed E-state index contributed by atoms with van der Waals surface area (Å²) in [7, 11) is 0. The van der Waals surface area contributed by atoms with Crippen LogP contribution in [0.3, 0.4) is 0 Å². The van der Waals surface area contributed by atoms with Crippen LogP contribution in [0.1, 0.15) is 22.8 Å². The Kier molecular flexibility index (Phi) is 5.19. The first-order chi connectivity index (χ1) is 10.9. The molecule has 120 valence electrons. The van der Waals surface area contributed by atoms with Gasteiger partial charge in [0.25, 0.3) is 5.91 Å². The molecule has 6 heteroatoms. The average Bonchev–Trinajstić information content (AvgIpc) is 2.47. The number of amides is 2. The number of nitrogen functional groups attached to an aromatic ring is 1. The minimum absolute atomic E-state index is 0.195. The summed E-state index contributed by atoms with van der Waals surface area (Å²) >= 11 is 0. The Bertz CT molecular complexity index is 698. The molecule has 2 amide bonds. The molecule has 0 aliphatic rings. The lowest BCUT2D eigenvalue weighted by atomic mass is 10.0. The van der Waals surface area contributed by atoms with Crippen LogP contribution in [0.5, 0.6) is 0 Å². The van der Waals surface area contributed by atoms with Crippen LogP contribution >= 0.6 is 0 Å². The number of carbonyl (C=O) groups excluding carboxylic acids is 1. The first-order valence-electron chi connectivity index (χ1n) is 7.19. The number of nitrogens with two attached hydrogens (primary N) is 1. The molecule has 0 spiro atoms. The van der Waals surface area contributed by atoms with Crippen LogP contribution in [0, 0.1) is 0 Å². The van der Waals surface area contributed by atoms with Crippen molar-refractivity contribution < 1.29 is 14.7 Å². The maximum Gasteiger partial charge on any atom is 0.404 e. The van der Waals surface area contributed by atoms with Crippen LogP contribution < -0.4 is 16.4 Å². The van der Waals surface area contributed by atoms with Gasteiger partial charge in [-0.25, -0.2) is 4.79 Å². The fourth-order valence-electron chi connectivity index (χ4n) is 2.23. The zero-order valence-electron chi connectivity index (χ0n) is 12.7. The Morgan fingerprint density at radius 3 is 2.48 bits per heavy atom. The van der Waals surface area contributed by atoms with E-state index >= 15 is 0 Å². The smallest absolute Gasteiger partial charge is 0.404 e. The van der Waals surface area contributed by atoms with Crippen LogP contribution in [0.2, 0.25) is 0 Å². The van der Waals surface area contributed by atoms with Gasteiger partial charge in [0, 0.05) is 23.0 Å². The van der Waals surface area contributed by atoms with Gasteiger partial charge >= 0.3 is 6.09 Å². The van der Waals surface area contributed by atoms with Gasteiger partial charge in [-0.3, -0.25) is 4.79 Å². The first kappa shape index (κ1) is 16.4. The second kappa shape index (κ2) is 7.31. The molecule has 6 nitrogen and oxygen atoms in total. The minimum Gasteiger partial charge on any atom is -0.465 e. The summed E-state index contributed by atoms with van der Waals surface area (Å²) in [4.78, 5) is 22.7. The Balaban J connectivity index is 1.98. The van der Waals surface area contributed by atoms with Crippen molar-refractivity contribution in [3.05, 3.63) is 59.7 Å². The van der Waals surface area contributed by atoms with Gasteiger partial charge in [-0.15, -0.1) is 0 Å². The molecule has 0 radical (unpaired) electrons. The number of nitrogens with one attached hydrogen (secondary N) is 2. The SMILES string of the molecule is CC(Cc1ccc(C(=O)Nc2cccc(N)c2)cc1)NC(=O)O. The highest BCUT2D eigenvalue weighted by atomic mass is 16.4. The Morgan fingerprint density at radius 1 is 1.17 bits per heavy atom. The third-order valence-electron chi connectivity index (χ3n) is 3.27. The van der Waals surface area contributed by atoms with E-state index in [1.165, 1.54) is 0 Å². The van der Waals surface area contributed by atoms with Crippen LogP contribution in [-0.4, -0.2) is 23.1 Å². The van der Waals surface area contributed by atoms with Crippen molar-refractivity contribution >= 4 is 23.4 Å². The summed E-state index contributed by atoms with van der Waals surface area (Å²) < 4.78 is 0. The monoisotopic (exact) mass is 313 g/mol. The predicted molar refractivity (Wildman–Crippen MR) is 89.6 cm³/mol. The fraction of sp³-hybridized carbons (Fsp3) is 0.176. The molecule has 0 aliphatic carbocycles. The molecule has 0 aliphatic heterocycles. The van der Waals surface area contributed by atoms with Crippen LogP contribution in [0.4, 0.5) is 16.2 Å². The third-order valence-corrected chi connectivity index (χ3v) is 3.27. The van der Waals surface area contributed by atoms with Crippen molar-refractivity contribution in [1.29, 1.82) is 0 Å². The molecule has 0 aromatic heterocycles. The van der Waals surface area contributed by atoms with E-state index in [4.69, 9.17) is 10.8 Å². The molecule has 1 unspecified atom stereocenters. The molecule has 2 aromatic carbocycles. The molecule has 0 heterocycles. The summed E-state index contributed by atoms with van der Waals surface area (Å²) in [5, 5.41) is 13.8. The highest BCUT2D eigenvalue weighted by Gasteiger charge is 2.09. The van der Waals surface area contributed by atoms with Crippen molar-refractivity contribution in [2.45, 2.75) is 19.4 Å². The highest BCUT2D eigenvalue weighted by Crippen LogP contribution is 2.14. The van der Waals surface area contributed by atoms with Gasteiger partial charge < -0.3 is 21.5 Å². The summed E-state index contributed by atoms with van der Waals surface area (Å²) in [6.07, 6.45) is -0.487. The van der Waals surface area contributed by atoms with Gasteiger partial charge in [-0.05, 0) is 49.2 Å². The summed E-state index contributed by atoms with van der Waals surface area (Å²) in [6.45, 7) is 1.79. The molecule has 23 heavy (non-hydrogen) atoms.